The van der Waals surface area contributed by atoms with Gasteiger partial charge in [0, 0.05) is 12.6 Å². The van der Waals surface area contributed by atoms with Gasteiger partial charge in [0.1, 0.15) is 0 Å². The average molecular weight is 197 g/mol. The maximum absolute atomic E-state index is 5.48. The van der Waals surface area contributed by atoms with Crippen molar-refractivity contribution < 1.29 is 4.74 Å². The van der Waals surface area contributed by atoms with Crippen molar-refractivity contribution in [2.75, 3.05) is 19.8 Å². The second-order valence-corrected chi connectivity index (χ2v) is 4.82. The molecule has 1 aliphatic heterocycles. The van der Waals surface area contributed by atoms with Crippen LogP contribution in [-0.2, 0) is 4.74 Å². The van der Waals surface area contributed by atoms with E-state index in [1.165, 1.54) is 32.1 Å². The van der Waals surface area contributed by atoms with Crippen LogP contribution >= 0.6 is 0 Å². The van der Waals surface area contributed by atoms with E-state index >= 15 is 0 Å². The SMILES string of the molecule is CCNC(CC1CCC1)C1CCOC1. The molecule has 2 unspecified atom stereocenters. The number of hydrogen-bond donors (Lipinski definition) is 1. The molecule has 0 bridgehead atoms. The molecule has 0 aromatic rings. The average Bonchev–Trinajstić information content (AvgIpc) is 2.61. The zero-order valence-electron chi connectivity index (χ0n) is 9.30. The molecule has 0 radical (unpaired) electrons. The molecule has 1 heterocycles. The highest BCUT2D eigenvalue weighted by Crippen LogP contribution is 2.33. The zero-order valence-corrected chi connectivity index (χ0v) is 9.30. The van der Waals surface area contributed by atoms with Crippen molar-refractivity contribution in [2.45, 2.75) is 45.1 Å². The molecule has 2 heteroatoms. The molecule has 0 amide bonds. The lowest BCUT2D eigenvalue weighted by atomic mass is 9.78. The second-order valence-electron chi connectivity index (χ2n) is 4.82. The zero-order chi connectivity index (χ0) is 9.80. The Morgan fingerprint density at radius 2 is 2.21 bits per heavy atom. The molecule has 1 aliphatic carbocycles. The van der Waals surface area contributed by atoms with Gasteiger partial charge in [-0.25, -0.2) is 0 Å². The molecule has 2 fully saturated rings. The maximum atomic E-state index is 5.48. The van der Waals surface area contributed by atoms with Gasteiger partial charge in [-0.15, -0.1) is 0 Å². The molecule has 1 saturated heterocycles. The molecule has 0 aromatic heterocycles. The topological polar surface area (TPSA) is 21.3 Å². The number of rotatable bonds is 5. The van der Waals surface area contributed by atoms with E-state index in [2.05, 4.69) is 12.2 Å². The highest BCUT2D eigenvalue weighted by molar-refractivity contribution is 4.83. The Balaban J connectivity index is 1.78. The van der Waals surface area contributed by atoms with Gasteiger partial charge in [-0.3, -0.25) is 0 Å². The normalized spacial score (nSPS) is 30.2. The van der Waals surface area contributed by atoms with Gasteiger partial charge in [-0.1, -0.05) is 26.2 Å². The van der Waals surface area contributed by atoms with E-state index in [0.29, 0.717) is 0 Å². The minimum Gasteiger partial charge on any atom is -0.381 e. The summed E-state index contributed by atoms with van der Waals surface area (Å²) in [5.74, 6) is 1.80. The molecular formula is C12H23NO. The van der Waals surface area contributed by atoms with Gasteiger partial charge in [-0.2, -0.15) is 0 Å². The standard InChI is InChI=1S/C12H23NO/c1-2-13-12(8-10-4-3-5-10)11-6-7-14-9-11/h10-13H,2-9H2,1H3. The van der Waals surface area contributed by atoms with Crippen molar-refractivity contribution in [3.8, 4) is 0 Å². The highest BCUT2D eigenvalue weighted by Gasteiger charge is 2.29. The van der Waals surface area contributed by atoms with Crippen molar-refractivity contribution in [3.05, 3.63) is 0 Å². The van der Waals surface area contributed by atoms with Crippen molar-refractivity contribution in [1.82, 2.24) is 5.32 Å². The van der Waals surface area contributed by atoms with Gasteiger partial charge in [0.15, 0.2) is 0 Å². The Morgan fingerprint density at radius 3 is 2.71 bits per heavy atom. The first-order valence-corrected chi connectivity index (χ1v) is 6.21. The lowest BCUT2D eigenvalue weighted by molar-refractivity contribution is 0.164. The van der Waals surface area contributed by atoms with Crippen LogP contribution in [-0.4, -0.2) is 25.8 Å². The van der Waals surface area contributed by atoms with E-state index in [4.69, 9.17) is 4.74 Å². The third-order valence-electron chi connectivity index (χ3n) is 3.81. The van der Waals surface area contributed by atoms with Gasteiger partial charge in [-0.05, 0) is 31.2 Å². The third-order valence-corrected chi connectivity index (χ3v) is 3.81. The number of hydrogen-bond acceptors (Lipinski definition) is 2. The molecule has 14 heavy (non-hydrogen) atoms. The predicted octanol–water partition coefficient (Wildman–Crippen LogP) is 2.19. The van der Waals surface area contributed by atoms with Crippen molar-refractivity contribution in [3.63, 3.8) is 0 Å². The van der Waals surface area contributed by atoms with Gasteiger partial charge >= 0.3 is 0 Å². The predicted molar refractivity (Wildman–Crippen MR) is 58.3 cm³/mol. The van der Waals surface area contributed by atoms with E-state index < -0.39 is 0 Å². The Labute approximate surface area is 87.4 Å². The van der Waals surface area contributed by atoms with Crippen LogP contribution in [0.25, 0.3) is 0 Å². The smallest absolute Gasteiger partial charge is 0.0510 e. The van der Waals surface area contributed by atoms with E-state index in [0.717, 1.165) is 37.6 Å². The summed E-state index contributed by atoms with van der Waals surface area (Å²) in [4.78, 5) is 0. The fraction of sp³-hybridized carbons (Fsp3) is 1.00. The van der Waals surface area contributed by atoms with Gasteiger partial charge in [0.25, 0.3) is 0 Å². The van der Waals surface area contributed by atoms with Crippen molar-refractivity contribution >= 4 is 0 Å². The van der Waals surface area contributed by atoms with E-state index in [9.17, 15) is 0 Å². The highest BCUT2D eigenvalue weighted by atomic mass is 16.5. The molecule has 2 atom stereocenters. The summed E-state index contributed by atoms with van der Waals surface area (Å²) < 4.78 is 5.48. The van der Waals surface area contributed by atoms with Crippen LogP contribution in [0.1, 0.15) is 39.0 Å². The summed E-state index contributed by atoms with van der Waals surface area (Å²) in [6, 6.07) is 0.729. The van der Waals surface area contributed by atoms with Crippen LogP contribution in [0, 0.1) is 11.8 Å². The summed E-state index contributed by atoms with van der Waals surface area (Å²) in [6.07, 6.45) is 7.06. The Kier molecular flexibility index (Phi) is 3.82. The minimum absolute atomic E-state index is 0.729. The lowest BCUT2D eigenvalue weighted by Gasteiger charge is -2.32. The first-order chi connectivity index (χ1) is 6.90. The van der Waals surface area contributed by atoms with Crippen LogP contribution in [0.4, 0.5) is 0 Å². The summed E-state index contributed by atoms with van der Waals surface area (Å²) >= 11 is 0. The molecule has 0 spiro atoms. The van der Waals surface area contributed by atoms with Gasteiger partial charge in [0.2, 0.25) is 0 Å². The maximum Gasteiger partial charge on any atom is 0.0510 e. The molecule has 82 valence electrons. The Morgan fingerprint density at radius 1 is 1.36 bits per heavy atom. The fourth-order valence-electron chi connectivity index (χ4n) is 2.66. The summed E-state index contributed by atoms with van der Waals surface area (Å²) in [5.41, 5.74) is 0. The van der Waals surface area contributed by atoms with Crippen LogP contribution in [0.15, 0.2) is 0 Å². The van der Waals surface area contributed by atoms with E-state index in [-0.39, 0.29) is 0 Å². The van der Waals surface area contributed by atoms with Crippen molar-refractivity contribution in [2.24, 2.45) is 11.8 Å². The minimum atomic E-state index is 0.729. The molecule has 1 saturated carbocycles. The first kappa shape index (κ1) is 10.4. The monoisotopic (exact) mass is 197 g/mol. The fourth-order valence-corrected chi connectivity index (χ4v) is 2.66. The van der Waals surface area contributed by atoms with Crippen LogP contribution in [0.2, 0.25) is 0 Å². The summed E-state index contributed by atoms with van der Waals surface area (Å²) in [5, 5.41) is 3.64. The van der Waals surface area contributed by atoms with Gasteiger partial charge in [0.05, 0.1) is 6.61 Å². The molecular weight excluding hydrogens is 174 g/mol. The van der Waals surface area contributed by atoms with Crippen LogP contribution in [0.3, 0.4) is 0 Å². The third kappa shape index (κ3) is 2.48. The molecule has 1 N–H and O–H groups in total. The van der Waals surface area contributed by atoms with E-state index in [1.54, 1.807) is 0 Å². The quantitative estimate of drug-likeness (QED) is 0.729. The van der Waals surface area contributed by atoms with E-state index in [1.807, 2.05) is 0 Å². The molecule has 0 aromatic carbocycles. The summed E-state index contributed by atoms with van der Waals surface area (Å²) in [7, 11) is 0. The molecule has 2 nitrogen and oxygen atoms in total. The largest absolute Gasteiger partial charge is 0.381 e. The second kappa shape index (κ2) is 5.13. The van der Waals surface area contributed by atoms with Crippen LogP contribution < -0.4 is 5.32 Å². The Bertz CT molecular complexity index is 162. The lowest BCUT2D eigenvalue weighted by Crippen LogP contribution is -2.39. The number of nitrogens with one attached hydrogen (secondary N) is 1. The van der Waals surface area contributed by atoms with Crippen molar-refractivity contribution in [1.29, 1.82) is 0 Å². The van der Waals surface area contributed by atoms with Gasteiger partial charge < -0.3 is 10.1 Å². The number of ether oxygens (including phenoxy) is 1. The summed E-state index contributed by atoms with van der Waals surface area (Å²) in [6.45, 7) is 5.29. The Hall–Kier alpha value is -0.0800. The van der Waals surface area contributed by atoms with Crippen LogP contribution in [0.5, 0.6) is 0 Å². The first-order valence-electron chi connectivity index (χ1n) is 6.21. The molecule has 2 rings (SSSR count). The molecule has 2 aliphatic rings.